The first kappa shape index (κ1) is 12.7. The third kappa shape index (κ3) is 4.46. The van der Waals surface area contributed by atoms with E-state index in [1.165, 1.54) is 18.2 Å². The highest BCUT2D eigenvalue weighted by atomic mass is 19.1. The summed E-state index contributed by atoms with van der Waals surface area (Å²) in [6.07, 6.45) is 0.774. The molecule has 0 saturated heterocycles. The maximum atomic E-state index is 12.9. The summed E-state index contributed by atoms with van der Waals surface area (Å²) >= 11 is 0. The van der Waals surface area contributed by atoms with Crippen LogP contribution in [0.2, 0.25) is 0 Å². The third-order valence-corrected chi connectivity index (χ3v) is 2.03. The van der Waals surface area contributed by atoms with Crippen molar-refractivity contribution in [2.45, 2.75) is 6.42 Å². The molecule has 0 amide bonds. The molecule has 0 atom stereocenters. The van der Waals surface area contributed by atoms with Crippen LogP contribution in [0.3, 0.4) is 0 Å². The zero-order valence-electron chi connectivity index (χ0n) is 9.08. The second kappa shape index (κ2) is 7.03. The summed E-state index contributed by atoms with van der Waals surface area (Å²) in [5.74, 6) is -0.312. The predicted molar refractivity (Wildman–Crippen MR) is 61.8 cm³/mol. The van der Waals surface area contributed by atoms with Crippen LogP contribution in [0.1, 0.15) is 6.42 Å². The van der Waals surface area contributed by atoms with Gasteiger partial charge < -0.3 is 20.9 Å². The highest BCUT2D eigenvalue weighted by Gasteiger charge is 1.99. The van der Waals surface area contributed by atoms with Crippen LogP contribution in [0.25, 0.3) is 0 Å². The smallest absolute Gasteiger partial charge is 0.125 e. The Morgan fingerprint density at radius 2 is 2.19 bits per heavy atom. The van der Waals surface area contributed by atoms with Crippen LogP contribution in [0.15, 0.2) is 18.2 Å². The number of rotatable bonds is 7. The molecule has 4 N–H and O–H groups in total. The lowest BCUT2D eigenvalue weighted by molar-refractivity contribution is 0.0922. The average Bonchev–Trinajstić information content (AvgIpc) is 2.28. The van der Waals surface area contributed by atoms with Crippen LogP contribution in [-0.2, 0) is 4.74 Å². The molecule has 0 fully saturated rings. The van der Waals surface area contributed by atoms with Crippen molar-refractivity contribution in [1.29, 1.82) is 0 Å². The predicted octanol–water partition coefficient (Wildman–Crippen LogP) is 1.22. The van der Waals surface area contributed by atoms with Crippen LogP contribution in [0, 0.1) is 5.82 Å². The Balaban J connectivity index is 2.23. The molecule has 0 heterocycles. The van der Waals surface area contributed by atoms with E-state index in [0.717, 1.165) is 6.42 Å². The second-order valence-electron chi connectivity index (χ2n) is 3.35. The molecule has 0 unspecified atom stereocenters. The fraction of sp³-hybridized carbons (Fsp3) is 0.455. The van der Waals surface area contributed by atoms with Crippen molar-refractivity contribution >= 4 is 11.4 Å². The number of halogens is 1. The molecule has 5 heteroatoms. The molecule has 0 radical (unpaired) electrons. The number of aliphatic hydroxyl groups is 1. The highest BCUT2D eigenvalue weighted by Crippen LogP contribution is 2.18. The minimum absolute atomic E-state index is 0.0320. The van der Waals surface area contributed by atoms with Gasteiger partial charge in [0.25, 0.3) is 0 Å². The molecule has 0 spiro atoms. The largest absolute Gasteiger partial charge is 0.397 e. The topological polar surface area (TPSA) is 67.5 Å². The van der Waals surface area contributed by atoms with E-state index in [-0.39, 0.29) is 12.4 Å². The zero-order valence-corrected chi connectivity index (χ0v) is 9.08. The minimum atomic E-state index is -0.312. The Kier molecular flexibility index (Phi) is 5.60. The molecule has 0 aliphatic carbocycles. The van der Waals surface area contributed by atoms with Crippen LogP contribution in [-0.4, -0.2) is 31.5 Å². The van der Waals surface area contributed by atoms with Gasteiger partial charge in [-0.05, 0) is 24.6 Å². The van der Waals surface area contributed by atoms with E-state index in [0.29, 0.717) is 31.1 Å². The molecule has 90 valence electrons. The summed E-state index contributed by atoms with van der Waals surface area (Å²) in [5, 5.41) is 11.5. The van der Waals surface area contributed by atoms with E-state index < -0.39 is 0 Å². The van der Waals surface area contributed by atoms with Crippen molar-refractivity contribution in [3.05, 3.63) is 24.0 Å². The van der Waals surface area contributed by atoms with Gasteiger partial charge in [0.05, 0.1) is 24.6 Å². The van der Waals surface area contributed by atoms with Crippen molar-refractivity contribution in [2.24, 2.45) is 0 Å². The molecule has 1 rings (SSSR count). The number of anilines is 2. The minimum Gasteiger partial charge on any atom is -0.397 e. The summed E-state index contributed by atoms with van der Waals surface area (Å²) in [6.45, 7) is 1.59. The molecule has 0 saturated carbocycles. The Hall–Kier alpha value is -1.33. The van der Waals surface area contributed by atoms with Crippen LogP contribution >= 0.6 is 0 Å². The molecule has 4 nitrogen and oxygen atoms in total. The SMILES string of the molecule is Nc1ccc(F)cc1NCCCOCCO. The van der Waals surface area contributed by atoms with Gasteiger partial charge in [-0.15, -0.1) is 0 Å². The molecule has 0 aliphatic heterocycles. The summed E-state index contributed by atoms with van der Waals surface area (Å²) < 4.78 is 18.0. The van der Waals surface area contributed by atoms with Gasteiger partial charge in [0.15, 0.2) is 0 Å². The quantitative estimate of drug-likeness (QED) is 0.485. The lowest BCUT2D eigenvalue weighted by Crippen LogP contribution is -2.08. The lowest BCUT2D eigenvalue weighted by Gasteiger charge is -2.09. The Labute approximate surface area is 94.2 Å². The number of benzene rings is 1. The van der Waals surface area contributed by atoms with Gasteiger partial charge in [0.1, 0.15) is 5.82 Å². The lowest BCUT2D eigenvalue weighted by atomic mass is 10.2. The fourth-order valence-electron chi connectivity index (χ4n) is 1.25. The normalized spacial score (nSPS) is 10.4. The number of aliphatic hydroxyl groups excluding tert-OH is 1. The maximum Gasteiger partial charge on any atom is 0.125 e. The van der Waals surface area contributed by atoms with Crippen LogP contribution in [0.5, 0.6) is 0 Å². The number of hydrogen-bond donors (Lipinski definition) is 3. The van der Waals surface area contributed by atoms with Crippen molar-refractivity contribution in [3.63, 3.8) is 0 Å². The van der Waals surface area contributed by atoms with Gasteiger partial charge in [0, 0.05) is 13.2 Å². The van der Waals surface area contributed by atoms with Gasteiger partial charge in [-0.3, -0.25) is 0 Å². The van der Waals surface area contributed by atoms with E-state index in [2.05, 4.69) is 5.32 Å². The van der Waals surface area contributed by atoms with E-state index in [4.69, 9.17) is 15.6 Å². The molecule has 0 bridgehead atoms. The van der Waals surface area contributed by atoms with Gasteiger partial charge in [0.2, 0.25) is 0 Å². The van der Waals surface area contributed by atoms with Crippen molar-refractivity contribution in [2.75, 3.05) is 37.4 Å². The van der Waals surface area contributed by atoms with E-state index >= 15 is 0 Å². The first-order valence-electron chi connectivity index (χ1n) is 5.21. The molecule has 0 aromatic heterocycles. The van der Waals surface area contributed by atoms with E-state index in [9.17, 15) is 4.39 Å². The van der Waals surface area contributed by atoms with E-state index in [1.54, 1.807) is 0 Å². The standard InChI is InChI=1S/C11H17FN2O2/c12-9-2-3-10(13)11(8-9)14-4-1-6-16-7-5-15/h2-3,8,14-15H,1,4-7,13H2. The molecule has 0 aliphatic rings. The van der Waals surface area contributed by atoms with Crippen molar-refractivity contribution in [1.82, 2.24) is 0 Å². The van der Waals surface area contributed by atoms with Gasteiger partial charge >= 0.3 is 0 Å². The fourth-order valence-corrected chi connectivity index (χ4v) is 1.25. The number of nitrogens with two attached hydrogens (primary N) is 1. The first-order valence-corrected chi connectivity index (χ1v) is 5.21. The molecule has 16 heavy (non-hydrogen) atoms. The average molecular weight is 228 g/mol. The Morgan fingerprint density at radius 1 is 1.38 bits per heavy atom. The van der Waals surface area contributed by atoms with Gasteiger partial charge in [-0.25, -0.2) is 4.39 Å². The van der Waals surface area contributed by atoms with E-state index in [1.807, 2.05) is 0 Å². The summed E-state index contributed by atoms with van der Waals surface area (Å²) in [5.41, 5.74) is 6.78. The summed E-state index contributed by atoms with van der Waals surface area (Å²) in [4.78, 5) is 0. The number of ether oxygens (including phenoxy) is 1. The first-order chi connectivity index (χ1) is 7.74. The van der Waals surface area contributed by atoms with Crippen molar-refractivity contribution in [3.8, 4) is 0 Å². The third-order valence-electron chi connectivity index (χ3n) is 2.03. The monoisotopic (exact) mass is 228 g/mol. The number of nitrogens with one attached hydrogen (secondary N) is 1. The summed E-state index contributed by atoms with van der Waals surface area (Å²) in [7, 11) is 0. The Morgan fingerprint density at radius 3 is 2.94 bits per heavy atom. The molecule has 1 aromatic carbocycles. The second-order valence-corrected chi connectivity index (χ2v) is 3.35. The highest BCUT2D eigenvalue weighted by molar-refractivity contribution is 5.65. The van der Waals surface area contributed by atoms with Crippen LogP contribution in [0.4, 0.5) is 15.8 Å². The molecular weight excluding hydrogens is 211 g/mol. The zero-order chi connectivity index (χ0) is 11.8. The van der Waals surface area contributed by atoms with Crippen molar-refractivity contribution < 1.29 is 14.2 Å². The maximum absolute atomic E-state index is 12.9. The molecular formula is C11H17FN2O2. The Bertz CT molecular complexity index is 321. The number of nitrogen functional groups attached to an aromatic ring is 1. The molecule has 1 aromatic rings. The van der Waals surface area contributed by atoms with Gasteiger partial charge in [-0.1, -0.05) is 0 Å². The van der Waals surface area contributed by atoms with Gasteiger partial charge in [-0.2, -0.15) is 0 Å². The van der Waals surface area contributed by atoms with Crippen LogP contribution < -0.4 is 11.1 Å². The summed E-state index contributed by atoms with van der Waals surface area (Å²) in [6, 6.07) is 4.22. The number of hydrogen-bond acceptors (Lipinski definition) is 4.